The molecule has 1 amide bonds. The highest BCUT2D eigenvalue weighted by Crippen LogP contribution is 2.01. The van der Waals surface area contributed by atoms with Gasteiger partial charge in [0.25, 0.3) is 0 Å². The lowest BCUT2D eigenvalue weighted by molar-refractivity contribution is -0.138. The molecule has 1 atom stereocenters. The van der Waals surface area contributed by atoms with Crippen molar-refractivity contribution in [1.82, 2.24) is 15.1 Å². The third kappa shape index (κ3) is 2.58. The molecule has 1 unspecified atom stereocenters. The minimum Gasteiger partial charge on any atom is -0.480 e. The van der Waals surface area contributed by atoms with E-state index in [1.165, 1.54) is 4.68 Å². The fourth-order valence-corrected chi connectivity index (χ4v) is 0.940. The van der Waals surface area contributed by atoms with E-state index in [0.29, 0.717) is 0 Å². The van der Waals surface area contributed by atoms with Gasteiger partial charge in [0, 0.05) is 12.4 Å². The Hall–Kier alpha value is -1.85. The molecule has 0 aliphatic rings. The molecule has 0 spiro atoms. The molecule has 0 fully saturated rings. The molecule has 6 nitrogen and oxygen atoms in total. The van der Waals surface area contributed by atoms with E-state index < -0.39 is 12.0 Å². The lowest BCUT2D eigenvalue weighted by Crippen LogP contribution is -2.34. The van der Waals surface area contributed by atoms with Crippen LogP contribution in [0.4, 0.5) is 0 Å². The molecule has 0 bridgehead atoms. The van der Waals surface area contributed by atoms with E-state index in [9.17, 15) is 9.59 Å². The van der Waals surface area contributed by atoms with Gasteiger partial charge in [-0.25, -0.2) is 0 Å². The molecule has 1 rings (SSSR count). The first-order valence-corrected chi connectivity index (χ1v) is 4.10. The summed E-state index contributed by atoms with van der Waals surface area (Å²) in [5, 5.41) is 14.5. The topological polar surface area (TPSA) is 84.2 Å². The maximum Gasteiger partial charge on any atom is 0.322 e. The molecule has 1 heterocycles. The lowest BCUT2D eigenvalue weighted by Gasteiger charge is -2.10. The van der Waals surface area contributed by atoms with Crippen molar-refractivity contribution < 1.29 is 14.7 Å². The number of amides is 1. The first-order chi connectivity index (χ1) is 6.61. The predicted molar refractivity (Wildman–Crippen MR) is 47.6 cm³/mol. The van der Waals surface area contributed by atoms with Crippen LogP contribution in [-0.2, 0) is 9.59 Å². The van der Waals surface area contributed by atoms with Gasteiger partial charge in [-0.05, 0) is 13.0 Å². The van der Waals surface area contributed by atoms with E-state index in [1.54, 1.807) is 25.4 Å². The van der Waals surface area contributed by atoms with Crippen molar-refractivity contribution in [3.63, 3.8) is 0 Å². The highest BCUT2D eigenvalue weighted by molar-refractivity contribution is 5.83. The van der Waals surface area contributed by atoms with Crippen LogP contribution < -0.4 is 5.32 Å². The Morgan fingerprint density at radius 2 is 2.36 bits per heavy atom. The Balaban J connectivity index is 2.49. The highest BCUT2D eigenvalue weighted by Gasteiger charge is 2.14. The van der Waals surface area contributed by atoms with E-state index >= 15 is 0 Å². The van der Waals surface area contributed by atoms with Crippen molar-refractivity contribution in [3.05, 3.63) is 18.5 Å². The Morgan fingerprint density at radius 1 is 1.64 bits per heavy atom. The van der Waals surface area contributed by atoms with Crippen molar-refractivity contribution in [1.29, 1.82) is 0 Å². The summed E-state index contributed by atoms with van der Waals surface area (Å²) in [5.41, 5.74) is 0. The monoisotopic (exact) mass is 197 g/mol. The molecule has 0 aliphatic carbocycles. The number of carboxylic acid groups (broad SMARTS) is 1. The molecule has 0 saturated heterocycles. The molecule has 6 heteroatoms. The lowest BCUT2D eigenvalue weighted by atomic mass is 10.3. The van der Waals surface area contributed by atoms with E-state index in [1.807, 2.05) is 0 Å². The third-order valence-electron chi connectivity index (χ3n) is 1.71. The molecule has 1 aromatic rings. The minimum absolute atomic E-state index is 0.365. The second-order valence-corrected chi connectivity index (χ2v) is 2.77. The molecular weight excluding hydrogens is 186 g/mol. The number of hydrogen-bond donors (Lipinski definition) is 2. The Morgan fingerprint density at radius 3 is 2.86 bits per heavy atom. The van der Waals surface area contributed by atoms with Gasteiger partial charge < -0.3 is 10.4 Å². The maximum atomic E-state index is 11.3. The first kappa shape index (κ1) is 10.2. The number of aliphatic carboxylic acids is 1. The van der Waals surface area contributed by atoms with Gasteiger partial charge in [-0.1, -0.05) is 0 Å². The molecule has 2 N–H and O–H groups in total. The molecule has 0 saturated carbocycles. The number of rotatable bonds is 4. The molecule has 0 radical (unpaired) electrons. The summed E-state index contributed by atoms with van der Waals surface area (Å²) in [4.78, 5) is 21.5. The van der Waals surface area contributed by atoms with E-state index in [4.69, 9.17) is 5.11 Å². The smallest absolute Gasteiger partial charge is 0.322 e. The fourth-order valence-electron chi connectivity index (χ4n) is 0.940. The molecular formula is C8H11N3O3. The van der Waals surface area contributed by atoms with Crippen molar-refractivity contribution >= 4 is 11.9 Å². The summed E-state index contributed by atoms with van der Waals surface area (Å²) in [5.74, 6) is -1.43. The largest absolute Gasteiger partial charge is 0.480 e. The Kier molecular flexibility index (Phi) is 3.22. The van der Waals surface area contributed by atoms with Crippen LogP contribution >= 0.6 is 0 Å². The van der Waals surface area contributed by atoms with Crippen LogP contribution in [-0.4, -0.2) is 33.3 Å². The van der Waals surface area contributed by atoms with Crippen molar-refractivity contribution in [2.75, 3.05) is 6.54 Å². The van der Waals surface area contributed by atoms with E-state index in [-0.39, 0.29) is 12.5 Å². The zero-order valence-electron chi connectivity index (χ0n) is 7.67. The van der Waals surface area contributed by atoms with Gasteiger partial charge in [0.15, 0.2) is 0 Å². The van der Waals surface area contributed by atoms with Crippen LogP contribution in [0.5, 0.6) is 0 Å². The Bertz CT molecular complexity index is 321. The number of carbonyl (C=O) groups is 2. The van der Waals surface area contributed by atoms with Gasteiger partial charge in [-0.2, -0.15) is 5.10 Å². The summed E-state index contributed by atoms with van der Waals surface area (Å²) in [7, 11) is 0. The number of nitrogens with one attached hydrogen (secondary N) is 1. The molecule has 0 aromatic carbocycles. The van der Waals surface area contributed by atoms with Crippen LogP contribution in [0.15, 0.2) is 18.5 Å². The van der Waals surface area contributed by atoms with E-state index in [2.05, 4.69) is 10.4 Å². The SMILES string of the molecule is CC(C(=O)NCC(=O)O)n1cccn1. The van der Waals surface area contributed by atoms with Gasteiger partial charge in [-0.15, -0.1) is 0 Å². The van der Waals surface area contributed by atoms with Crippen LogP contribution in [0.1, 0.15) is 13.0 Å². The zero-order chi connectivity index (χ0) is 10.6. The summed E-state index contributed by atoms with van der Waals surface area (Å²) in [6.07, 6.45) is 3.20. The van der Waals surface area contributed by atoms with Gasteiger partial charge in [0.1, 0.15) is 12.6 Å². The van der Waals surface area contributed by atoms with Crippen LogP contribution in [0.3, 0.4) is 0 Å². The van der Waals surface area contributed by atoms with E-state index in [0.717, 1.165) is 0 Å². The second kappa shape index (κ2) is 4.40. The number of carbonyl (C=O) groups excluding carboxylic acids is 1. The summed E-state index contributed by atoms with van der Waals surface area (Å²) >= 11 is 0. The number of nitrogens with zero attached hydrogens (tertiary/aromatic N) is 2. The minimum atomic E-state index is -1.06. The highest BCUT2D eigenvalue weighted by atomic mass is 16.4. The summed E-state index contributed by atoms with van der Waals surface area (Å²) in [6, 6.07) is 1.20. The van der Waals surface area contributed by atoms with Crippen LogP contribution in [0, 0.1) is 0 Å². The van der Waals surface area contributed by atoms with Crippen LogP contribution in [0.2, 0.25) is 0 Å². The van der Waals surface area contributed by atoms with Gasteiger partial charge >= 0.3 is 5.97 Å². The second-order valence-electron chi connectivity index (χ2n) is 2.77. The van der Waals surface area contributed by atoms with Gasteiger partial charge in [0.05, 0.1) is 0 Å². The third-order valence-corrected chi connectivity index (χ3v) is 1.71. The van der Waals surface area contributed by atoms with Crippen molar-refractivity contribution in [2.45, 2.75) is 13.0 Å². The predicted octanol–water partition coefficient (Wildman–Crippen LogP) is -0.355. The Labute approximate surface area is 80.5 Å². The standard InChI is InChI=1S/C8H11N3O3/c1-6(11-4-2-3-10-11)8(14)9-5-7(12)13/h2-4,6H,5H2,1H3,(H,9,14)(H,12,13). The number of aromatic nitrogens is 2. The number of hydrogen-bond acceptors (Lipinski definition) is 3. The first-order valence-electron chi connectivity index (χ1n) is 4.10. The van der Waals surface area contributed by atoms with Crippen molar-refractivity contribution in [3.8, 4) is 0 Å². The van der Waals surface area contributed by atoms with Gasteiger partial charge in [0.2, 0.25) is 5.91 Å². The molecule has 1 aromatic heterocycles. The maximum absolute atomic E-state index is 11.3. The average molecular weight is 197 g/mol. The normalized spacial score (nSPS) is 12.1. The van der Waals surface area contributed by atoms with Crippen LogP contribution in [0.25, 0.3) is 0 Å². The zero-order valence-corrected chi connectivity index (χ0v) is 7.67. The molecule has 0 aliphatic heterocycles. The molecule has 14 heavy (non-hydrogen) atoms. The summed E-state index contributed by atoms with van der Waals surface area (Å²) < 4.78 is 1.46. The summed E-state index contributed by atoms with van der Waals surface area (Å²) in [6.45, 7) is 1.27. The van der Waals surface area contributed by atoms with Gasteiger partial charge in [-0.3, -0.25) is 14.3 Å². The average Bonchev–Trinajstić information content (AvgIpc) is 2.65. The quantitative estimate of drug-likeness (QED) is 0.690. The molecule has 76 valence electrons. The van der Waals surface area contributed by atoms with Crippen molar-refractivity contribution in [2.24, 2.45) is 0 Å². The number of carboxylic acids is 1. The fraction of sp³-hybridized carbons (Fsp3) is 0.375.